The quantitative estimate of drug-likeness (QED) is 0.470. The van der Waals surface area contributed by atoms with Crippen LogP contribution < -0.4 is 10.6 Å². The Morgan fingerprint density at radius 1 is 1.00 bits per heavy atom. The zero-order valence-corrected chi connectivity index (χ0v) is 9.75. The molecule has 3 heterocycles. The first kappa shape index (κ1) is 12.0. The number of amides is 6. The Balaban J connectivity index is 2.03. The van der Waals surface area contributed by atoms with E-state index in [4.69, 9.17) is 0 Å². The Hall–Kier alpha value is -3.10. The number of pyridine rings is 1. The summed E-state index contributed by atoms with van der Waals surface area (Å²) < 4.78 is 0. The molecule has 9 heteroatoms. The largest absolute Gasteiger partial charge is 0.328 e. The third-order valence-electron chi connectivity index (χ3n) is 2.91. The van der Waals surface area contributed by atoms with E-state index >= 15 is 0 Å². The molecule has 0 aliphatic carbocycles. The lowest BCUT2D eigenvalue weighted by atomic mass is 10.2. The van der Waals surface area contributed by atoms with Crippen LogP contribution in [-0.4, -0.2) is 45.6 Å². The maximum atomic E-state index is 12.1. The van der Waals surface area contributed by atoms with Crippen LogP contribution in [0.5, 0.6) is 0 Å². The number of imide groups is 3. The average Bonchev–Trinajstić information content (AvgIpc) is 2.64. The minimum atomic E-state index is -1.72. The highest BCUT2D eigenvalue weighted by Gasteiger charge is 2.49. The fourth-order valence-electron chi connectivity index (χ4n) is 2.06. The SMILES string of the molecule is O=C1NC(=O)C(N2C(=O)c3cccnc3C2=O)C(=O)N1. The van der Waals surface area contributed by atoms with Gasteiger partial charge in [-0.3, -0.25) is 39.7 Å². The molecule has 0 aromatic carbocycles. The van der Waals surface area contributed by atoms with E-state index in [0.29, 0.717) is 4.90 Å². The van der Waals surface area contributed by atoms with Crippen molar-refractivity contribution in [2.75, 3.05) is 0 Å². The van der Waals surface area contributed by atoms with Crippen molar-refractivity contribution in [3.63, 3.8) is 0 Å². The molecule has 0 spiro atoms. The summed E-state index contributed by atoms with van der Waals surface area (Å²) in [6.07, 6.45) is 1.32. The summed E-state index contributed by atoms with van der Waals surface area (Å²) in [7, 11) is 0. The van der Waals surface area contributed by atoms with Crippen LogP contribution in [0.4, 0.5) is 4.79 Å². The lowest BCUT2D eigenvalue weighted by Gasteiger charge is -2.26. The standard InChI is InChI=1S/C11H6N4O5/c16-7-6(8(17)14-11(20)13-7)15-9(18)4-2-1-3-12-5(4)10(15)19/h1-3,6H,(H2,13,14,16,17,20). The van der Waals surface area contributed by atoms with E-state index in [9.17, 15) is 24.0 Å². The molecule has 9 nitrogen and oxygen atoms in total. The Bertz CT molecular complexity index is 643. The lowest BCUT2D eigenvalue weighted by Crippen LogP contribution is -2.65. The van der Waals surface area contributed by atoms with Gasteiger partial charge in [-0.05, 0) is 12.1 Å². The molecule has 0 radical (unpaired) electrons. The van der Waals surface area contributed by atoms with Crippen molar-refractivity contribution >= 4 is 29.7 Å². The summed E-state index contributed by atoms with van der Waals surface area (Å²) in [5.74, 6) is -3.72. The molecule has 6 amide bonds. The number of carbonyl (C=O) groups excluding carboxylic acids is 5. The first-order valence-electron chi connectivity index (χ1n) is 5.49. The molecule has 1 aromatic rings. The van der Waals surface area contributed by atoms with Crippen molar-refractivity contribution in [3.8, 4) is 0 Å². The second-order valence-corrected chi connectivity index (χ2v) is 4.09. The molecule has 1 fully saturated rings. The van der Waals surface area contributed by atoms with Crippen molar-refractivity contribution in [2.24, 2.45) is 0 Å². The monoisotopic (exact) mass is 274 g/mol. The van der Waals surface area contributed by atoms with Crippen molar-refractivity contribution in [1.82, 2.24) is 20.5 Å². The van der Waals surface area contributed by atoms with Gasteiger partial charge in [-0.2, -0.15) is 0 Å². The third-order valence-corrected chi connectivity index (χ3v) is 2.91. The number of fused-ring (bicyclic) bond motifs is 1. The van der Waals surface area contributed by atoms with Crippen LogP contribution in [0.25, 0.3) is 0 Å². The minimum absolute atomic E-state index is 0.00926. The molecule has 2 aliphatic heterocycles. The number of urea groups is 1. The summed E-state index contributed by atoms with van der Waals surface area (Å²) in [4.78, 5) is 62.8. The number of barbiturate groups is 1. The van der Waals surface area contributed by atoms with Gasteiger partial charge < -0.3 is 0 Å². The summed E-state index contributed by atoms with van der Waals surface area (Å²) in [5.41, 5.74) is -0.120. The Morgan fingerprint density at radius 2 is 1.65 bits per heavy atom. The Morgan fingerprint density at radius 3 is 2.25 bits per heavy atom. The predicted octanol–water partition coefficient (Wildman–Crippen LogP) is -1.59. The molecule has 0 saturated carbocycles. The van der Waals surface area contributed by atoms with Crippen molar-refractivity contribution in [3.05, 3.63) is 29.6 Å². The van der Waals surface area contributed by atoms with Crippen LogP contribution in [0.2, 0.25) is 0 Å². The molecule has 20 heavy (non-hydrogen) atoms. The molecule has 100 valence electrons. The van der Waals surface area contributed by atoms with E-state index in [-0.39, 0.29) is 11.3 Å². The van der Waals surface area contributed by atoms with Crippen molar-refractivity contribution in [2.45, 2.75) is 6.04 Å². The predicted molar refractivity (Wildman–Crippen MR) is 60.2 cm³/mol. The second kappa shape index (κ2) is 3.95. The molecule has 0 unspecified atom stereocenters. The highest BCUT2D eigenvalue weighted by Crippen LogP contribution is 2.23. The number of rotatable bonds is 1. The van der Waals surface area contributed by atoms with E-state index < -0.39 is 35.7 Å². The first-order chi connectivity index (χ1) is 9.50. The van der Waals surface area contributed by atoms with Gasteiger partial charge in [0.1, 0.15) is 5.69 Å². The summed E-state index contributed by atoms with van der Waals surface area (Å²) in [6, 6.07) is 0.109. The highest BCUT2D eigenvalue weighted by molar-refractivity contribution is 6.28. The number of hydrogen-bond acceptors (Lipinski definition) is 6. The third kappa shape index (κ3) is 1.49. The zero-order valence-electron chi connectivity index (χ0n) is 9.75. The average molecular weight is 274 g/mol. The van der Waals surface area contributed by atoms with Crippen LogP contribution in [0.3, 0.4) is 0 Å². The molecule has 1 saturated heterocycles. The van der Waals surface area contributed by atoms with Crippen LogP contribution in [0, 0.1) is 0 Å². The Labute approximate surface area is 110 Å². The molecule has 1 aromatic heterocycles. The summed E-state index contributed by atoms with van der Waals surface area (Å²) in [6.45, 7) is 0. The number of carbonyl (C=O) groups is 5. The van der Waals surface area contributed by atoms with Gasteiger partial charge in [-0.1, -0.05) is 0 Å². The van der Waals surface area contributed by atoms with Crippen LogP contribution in [-0.2, 0) is 9.59 Å². The maximum absolute atomic E-state index is 12.1. The van der Waals surface area contributed by atoms with E-state index in [1.807, 2.05) is 10.6 Å². The lowest BCUT2D eigenvalue weighted by molar-refractivity contribution is -0.135. The minimum Gasteiger partial charge on any atom is -0.275 e. The van der Waals surface area contributed by atoms with E-state index in [2.05, 4.69) is 4.98 Å². The number of nitrogens with one attached hydrogen (secondary N) is 2. The maximum Gasteiger partial charge on any atom is 0.328 e. The Kier molecular flexibility index (Phi) is 2.36. The van der Waals surface area contributed by atoms with Crippen molar-refractivity contribution < 1.29 is 24.0 Å². The van der Waals surface area contributed by atoms with Gasteiger partial charge in [0, 0.05) is 6.20 Å². The van der Waals surface area contributed by atoms with Crippen molar-refractivity contribution in [1.29, 1.82) is 0 Å². The number of hydrogen-bond donors (Lipinski definition) is 2. The second-order valence-electron chi connectivity index (χ2n) is 4.09. The van der Waals surface area contributed by atoms with Gasteiger partial charge in [-0.25, -0.2) is 4.79 Å². The van der Waals surface area contributed by atoms with Gasteiger partial charge in [0.15, 0.2) is 6.04 Å². The smallest absolute Gasteiger partial charge is 0.275 e. The summed E-state index contributed by atoms with van der Waals surface area (Å²) >= 11 is 0. The molecule has 0 atom stereocenters. The van der Waals surface area contributed by atoms with Gasteiger partial charge >= 0.3 is 6.03 Å². The molecule has 2 aliphatic rings. The van der Waals surface area contributed by atoms with Crippen LogP contribution >= 0.6 is 0 Å². The summed E-state index contributed by atoms with van der Waals surface area (Å²) in [5, 5.41) is 3.66. The molecular formula is C11H6N4O5. The van der Waals surface area contributed by atoms with E-state index in [0.717, 1.165) is 0 Å². The fraction of sp³-hybridized carbons (Fsp3) is 0.0909. The van der Waals surface area contributed by atoms with Crippen LogP contribution in [0.15, 0.2) is 18.3 Å². The van der Waals surface area contributed by atoms with Gasteiger partial charge in [-0.15, -0.1) is 0 Å². The van der Waals surface area contributed by atoms with E-state index in [1.54, 1.807) is 0 Å². The van der Waals surface area contributed by atoms with Gasteiger partial charge in [0.2, 0.25) is 0 Å². The van der Waals surface area contributed by atoms with Gasteiger partial charge in [0.25, 0.3) is 23.6 Å². The normalized spacial score (nSPS) is 19.0. The number of aromatic nitrogens is 1. The topological polar surface area (TPSA) is 126 Å². The molecule has 3 rings (SSSR count). The molecule has 2 N–H and O–H groups in total. The number of nitrogens with zero attached hydrogens (tertiary/aromatic N) is 2. The fourth-order valence-corrected chi connectivity index (χ4v) is 2.06. The molecule has 0 bridgehead atoms. The van der Waals surface area contributed by atoms with Crippen LogP contribution in [0.1, 0.15) is 20.8 Å². The van der Waals surface area contributed by atoms with Gasteiger partial charge in [0.05, 0.1) is 5.56 Å². The highest BCUT2D eigenvalue weighted by atomic mass is 16.2. The first-order valence-corrected chi connectivity index (χ1v) is 5.49. The molecular weight excluding hydrogens is 268 g/mol. The zero-order chi connectivity index (χ0) is 14.4. The van der Waals surface area contributed by atoms with E-state index in [1.165, 1.54) is 18.3 Å².